The molecule has 0 aliphatic rings. The lowest BCUT2D eigenvalue weighted by atomic mass is 9.86. The molecule has 0 aromatic heterocycles. The van der Waals surface area contributed by atoms with E-state index in [-0.39, 0.29) is 0 Å². The first-order chi connectivity index (χ1) is 59.2. The van der Waals surface area contributed by atoms with Crippen LogP contribution < -0.4 is 0 Å². The smallest absolute Gasteiger partial charge is 0.125 e. The van der Waals surface area contributed by atoms with Crippen LogP contribution in [-0.2, 0) is 0 Å². The zero-order valence-electron chi connectivity index (χ0n) is 84.2. The molecule has 7 rings (SSSR count). The average Bonchev–Trinajstić information content (AvgIpc) is 1.02. The van der Waals surface area contributed by atoms with E-state index in [2.05, 4.69) is 535 Å². The molecule has 0 bridgehead atoms. The van der Waals surface area contributed by atoms with Crippen molar-refractivity contribution in [2.75, 3.05) is 0 Å². The van der Waals surface area contributed by atoms with Gasteiger partial charge < -0.3 is 0 Å². The highest BCUT2D eigenvalue weighted by molar-refractivity contribution is 6.93. The third-order valence-corrected chi connectivity index (χ3v) is 66.3. The van der Waals surface area contributed by atoms with E-state index in [9.17, 15) is 0 Å². The van der Waals surface area contributed by atoms with E-state index in [0.29, 0.717) is 133 Å². The quantitative estimate of drug-likeness (QED) is 0.0593. The number of rotatable bonds is 18. The first kappa shape index (κ1) is 104. The molecule has 126 heavy (non-hydrogen) atoms. The molecule has 0 radical (unpaired) electrons. The summed E-state index contributed by atoms with van der Waals surface area (Å²) < 4.78 is 0. The maximum Gasteiger partial charge on any atom is 0.146 e. The molecule has 0 aliphatic heterocycles. The SMILES string of the molecule is CC(C)[Si](C#Cc1ccc(C#Cc2c(C#Cc3ccc(C#C[Si](C(C)C)(C(C)C)C(C)C)cc3)c(C#Cc3ccc(C#C[Si](C(C)C)(C(C)C)C(C)C)cc3)c(C#Cc3ccc(C#C[Si](C(C)C)(C(C)C)C(C)C)cc3)c(C#Cc3ccc(C#C[Si](C(C)C)(C(C)C)C(C)C)cc3)c2C#Cc2ccc(C#C[Si](C(C)C)(C(C)C)C(C)C)cc2)cc1)(C(C)C)C(C)C. The van der Waals surface area contributed by atoms with Crippen molar-refractivity contribution in [1.82, 2.24) is 0 Å². The zero-order valence-corrected chi connectivity index (χ0v) is 90.2. The van der Waals surface area contributed by atoms with Crippen molar-refractivity contribution in [3.05, 3.63) is 246 Å². The van der Waals surface area contributed by atoms with Gasteiger partial charge in [0, 0.05) is 66.8 Å². The average molecular weight is 1760 g/mol. The van der Waals surface area contributed by atoms with E-state index < -0.39 is 48.4 Å². The Hall–Kier alpha value is -9.44. The van der Waals surface area contributed by atoms with Crippen LogP contribution in [0.15, 0.2) is 146 Å². The second-order valence-electron chi connectivity index (χ2n) is 41.1. The van der Waals surface area contributed by atoms with Crippen LogP contribution in [0.1, 0.15) is 349 Å². The van der Waals surface area contributed by atoms with Gasteiger partial charge in [0.15, 0.2) is 0 Å². The highest BCUT2D eigenvalue weighted by Crippen LogP contribution is 2.47. The Morgan fingerprint density at radius 2 is 0.183 bits per heavy atom. The standard InChI is InChI=1S/C120H150Si6/c1-85(2)121(86(3)4,87(5)6)79-73-109-49-37-103(38-50-109)61-67-115-116(68-62-104-39-51-110(52-40-104)74-80-122(88(7)8,89(9)10)90(11)12)118(70-64-106-43-55-112(56-44-106)76-82-124(94(19)20,95(21)22)96(23)24)120(72-66-108-47-59-114(60-48-108)78-84-126(100(31)32,101(33)34)102(35)36)119(71-65-107-45-57-113(58-46-107)77-83-125(97(25)26,98(27)28)99(29)30)117(115)69-63-105-41-53-111(54-42-105)75-81-123(91(13)14,92(15)16)93(17)18/h37-60,85-102H,1-36H3. The van der Waals surface area contributed by atoms with Crippen molar-refractivity contribution in [3.63, 3.8) is 0 Å². The molecule has 0 atom stereocenters. The van der Waals surface area contributed by atoms with Gasteiger partial charge in [0.2, 0.25) is 0 Å². The molecule has 0 aliphatic carbocycles. The highest BCUT2D eigenvalue weighted by atomic mass is 28.3. The molecule has 0 saturated carbocycles. The lowest BCUT2D eigenvalue weighted by Crippen LogP contribution is -2.43. The van der Waals surface area contributed by atoms with Gasteiger partial charge >= 0.3 is 0 Å². The van der Waals surface area contributed by atoms with Crippen LogP contribution in [0.25, 0.3) is 0 Å². The van der Waals surface area contributed by atoms with Crippen LogP contribution in [0.4, 0.5) is 0 Å². The Labute approximate surface area is 777 Å². The predicted molar refractivity (Wildman–Crippen MR) is 569 cm³/mol. The molecule has 0 amide bonds. The molecule has 0 nitrogen and oxygen atoms in total. The molecule has 7 aromatic rings. The summed E-state index contributed by atoms with van der Waals surface area (Å²) in [5, 5.41) is 0. The lowest BCUT2D eigenvalue weighted by Gasteiger charge is -2.38. The largest absolute Gasteiger partial charge is 0.146 e. The van der Waals surface area contributed by atoms with Crippen LogP contribution in [0.3, 0.4) is 0 Å². The summed E-state index contributed by atoms with van der Waals surface area (Å²) in [6, 6.07) is 50.7. The number of hydrogen-bond donors (Lipinski definition) is 0. The summed E-state index contributed by atoms with van der Waals surface area (Å²) in [6.45, 7) is 85.2. The fraction of sp³-hybridized carbons (Fsp3) is 0.450. The van der Waals surface area contributed by atoms with Crippen molar-refractivity contribution in [3.8, 4) is 140 Å². The number of hydrogen-bond acceptors (Lipinski definition) is 0. The summed E-state index contributed by atoms with van der Waals surface area (Å²) in [5.74, 6) is 67.6. The maximum absolute atomic E-state index is 3.97. The summed E-state index contributed by atoms with van der Waals surface area (Å²) in [5.41, 5.74) is 46.9. The monoisotopic (exact) mass is 1760 g/mol. The molecular formula is C120H150Si6. The van der Waals surface area contributed by atoms with E-state index in [4.69, 9.17) is 0 Å². The highest BCUT2D eigenvalue weighted by Gasteiger charge is 2.47. The normalized spacial score (nSPS) is 11.9. The van der Waals surface area contributed by atoms with Crippen LogP contribution in [0, 0.1) is 140 Å². The molecular weight excluding hydrogens is 1610 g/mol. The van der Waals surface area contributed by atoms with Gasteiger partial charge in [-0.25, -0.2) is 0 Å². The molecule has 0 saturated heterocycles. The van der Waals surface area contributed by atoms with Crippen molar-refractivity contribution in [2.45, 2.75) is 349 Å². The first-order valence-corrected chi connectivity index (χ1v) is 60.8. The molecule has 0 spiro atoms. The number of benzene rings is 7. The Kier molecular flexibility index (Phi) is 37.4. The van der Waals surface area contributed by atoms with Gasteiger partial charge in [-0.15, -0.1) is 33.3 Å². The minimum absolute atomic E-state index is 0.497. The first-order valence-electron chi connectivity index (χ1n) is 47.4. The second-order valence-corrected chi connectivity index (χ2v) is 74.6. The van der Waals surface area contributed by atoms with E-state index in [1.807, 2.05) is 0 Å². The van der Waals surface area contributed by atoms with Crippen LogP contribution in [-0.4, -0.2) is 48.4 Å². The summed E-state index contributed by atoms with van der Waals surface area (Å²) in [6.07, 6.45) is 0. The van der Waals surface area contributed by atoms with E-state index >= 15 is 0 Å². The van der Waals surface area contributed by atoms with Crippen molar-refractivity contribution in [1.29, 1.82) is 0 Å². The van der Waals surface area contributed by atoms with E-state index in [1.165, 1.54) is 0 Å². The molecule has 7 aromatic carbocycles. The Balaban J connectivity index is 1.76. The summed E-state index contributed by atoms with van der Waals surface area (Å²) in [7, 11) is -12.3. The molecule has 0 N–H and O–H groups in total. The zero-order chi connectivity index (χ0) is 93.7. The molecule has 654 valence electrons. The maximum atomic E-state index is 3.97. The summed E-state index contributed by atoms with van der Waals surface area (Å²) >= 11 is 0. The van der Waals surface area contributed by atoms with Gasteiger partial charge in [-0.2, -0.15) is 0 Å². The van der Waals surface area contributed by atoms with Crippen molar-refractivity contribution in [2.24, 2.45) is 0 Å². The van der Waals surface area contributed by atoms with Gasteiger partial charge in [0.05, 0.1) is 33.4 Å². The van der Waals surface area contributed by atoms with Crippen molar-refractivity contribution >= 4 is 48.4 Å². The third-order valence-electron chi connectivity index (χ3n) is 28.5. The van der Waals surface area contributed by atoms with Crippen molar-refractivity contribution < 1.29 is 0 Å². The van der Waals surface area contributed by atoms with Crippen LogP contribution in [0.5, 0.6) is 0 Å². The van der Waals surface area contributed by atoms with Gasteiger partial charge in [-0.3, -0.25) is 0 Å². The Morgan fingerprint density at radius 1 is 0.111 bits per heavy atom. The van der Waals surface area contributed by atoms with Gasteiger partial charge in [-0.05, 0) is 245 Å². The lowest BCUT2D eigenvalue weighted by molar-refractivity contribution is 0.838. The minimum atomic E-state index is -2.05. The third kappa shape index (κ3) is 23.9. The van der Waals surface area contributed by atoms with E-state index in [1.54, 1.807) is 0 Å². The topological polar surface area (TPSA) is 0 Å². The molecule has 0 heterocycles. The predicted octanol–water partition coefficient (Wildman–Crippen LogP) is 31.5. The summed E-state index contributed by atoms with van der Waals surface area (Å²) in [4.78, 5) is 0. The van der Waals surface area contributed by atoms with Gasteiger partial charge in [0.1, 0.15) is 48.4 Å². The fourth-order valence-electron chi connectivity index (χ4n) is 21.8. The molecule has 6 heteroatoms. The Bertz CT molecular complexity index is 4670. The fourth-order valence-corrected chi connectivity index (χ4v) is 53.2. The second kappa shape index (κ2) is 45.5. The van der Waals surface area contributed by atoms with Crippen LogP contribution >= 0.6 is 0 Å². The molecule has 0 unspecified atom stereocenters. The molecule has 0 fully saturated rings. The van der Waals surface area contributed by atoms with Crippen LogP contribution in [0.2, 0.25) is 99.7 Å². The van der Waals surface area contributed by atoms with E-state index in [0.717, 1.165) is 66.8 Å². The van der Waals surface area contributed by atoms with Gasteiger partial charge in [0.25, 0.3) is 0 Å². The van der Waals surface area contributed by atoms with Gasteiger partial charge in [-0.1, -0.05) is 356 Å². The minimum Gasteiger partial charge on any atom is -0.125 e. The Morgan fingerprint density at radius 3 is 0.254 bits per heavy atom.